The molecule has 0 saturated carbocycles. The van der Waals surface area contributed by atoms with E-state index >= 15 is 13.2 Å². The summed E-state index contributed by atoms with van der Waals surface area (Å²) in [6.07, 6.45) is -0.706. The van der Waals surface area contributed by atoms with Gasteiger partial charge >= 0.3 is 0 Å². The molecular weight excluding hydrogens is 771 g/mol. The average Bonchev–Trinajstić information content (AvgIpc) is 3.95. The Bertz CT molecular complexity index is 2540. The van der Waals surface area contributed by atoms with Crippen LogP contribution in [0, 0.1) is 0 Å². The van der Waals surface area contributed by atoms with Crippen molar-refractivity contribution >= 4 is 80.6 Å². The number of anilines is 1. The molecule has 1 aliphatic carbocycles. The van der Waals surface area contributed by atoms with Crippen molar-refractivity contribution in [1.29, 1.82) is 0 Å². The van der Waals surface area contributed by atoms with Crippen LogP contribution in [0.15, 0.2) is 83.8 Å². The normalized spacial score (nSPS) is 42.5. The summed E-state index contributed by atoms with van der Waals surface area (Å²) in [6, 6.07) is 22.7. The zero-order valence-electron chi connectivity index (χ0n) is 29.0. The summed E-state index contributed by atoms with van der Waals surface area (Å²) in [4.78, 5) is 60.7. The molecule has 16 heteroatoms. The lowest BCUT2D eigenvalue weighted by atomic mass is 9.53. The molecule has 7 aliphatic heterocycles. The molecule has 272 valence electrons. The summed E-state index contributed by atoms with van der Waals surface area (Å²) < 4.78 is 32.0. The number of rotatable bonds is 3. The molecule has 2 unspecified atom stereocenters. The third kappa shape index (κ3) is 2.85. The van der Waals surface area contributed by atoms with E-state index in [1.807, 2.05) is 36.4 Å². The van der Waals surface area contributed by atoms with E-state index in [-0.39, 0.29) is 35.5 Å². The summed E-state index contributed by atoms with van der Waals surface area (Å²) in [7, 11) is -3.64. The van der Waals surface area contributed by atoms with E-state index in [2.05, 4.69) is 0 Å². The monoisotopic (exact) mass is 803 g/mol. The Morgan fingerprint density at radius 1 is 0.660 bits per heavy atom. The van der Waals surface area contributed by atoms with Gasteiger partial charge in [-0.05, 0) is 77.5 Å². The van der Waals surface area contributed by atoms with Gasteiger partial charge < -0.3 is 14.7 Å². The highest BCUT2D eigenvalue weighted by molar-refractivity contribution is 8.32. The van der Waals surface area contributed by atoms with Gasteiger partial charge in [-0.2, -0.15) is 0 Å². The number of carbonyl (C=O) groups excluding carboxylic acids is 4. The van der Waals surface area contributed by atoms with Crippen molar-refractivity contribution in [2.24, 2.45) is 0 Å². The number of likely N-dealkylation sites (N-methyl/N-ethyl adjacent to an activating group) is 2. The molecule has 8 aliphatic rings. The highest BCUT2D eigenvalue weighted by atomic mass is 32.8. The second kappa shape index (κ2) is 9.27. The Labute approximate surface area is 320 Å². The minimum atomic E-state index is -4.41. The summed E-state index contributed by atoms with van der Waals surface area (Å²) in [5.74, 6) is -1.16. The quantitative estimate of drug-likeness (QED) is 0.394. The first-order chi connectivity index (χ1) is 25.1. The average molecular weight is 804 g/mol. The molecule has 53 heavy (non-hydrogen) atoms. The molecule has 0 N–H and O–H groups in total. The van der Waals surface area contributed by atoms with Crippen LogP contribution in [-0.2, 0) is 87.7 Å². The zero-order chi connectivity index (χ0) is 37.2. The number of hydrogen-bond acceptors (Lipinski definition) is 8. The first kappa shape index (κ1) is 32.8. The van der Waals surface area contributed by atoms with Gasteiger partial charge in [-0.1, -0.05) is 79.6 Å². The van der Waals surface area contributed by atoms with Gasteiger partial charge in [0.1, 0.15) is 6.17 Å². The second-order valence-electron chi connectivity index (χ2n) is 15.8. The van der Waals surface area contributed by atoms with E-state index in [1.54, 1.807) is 68.1 Å². The maximum atomic E-state index is 15.3. The third-order valence-corrected chi connectivity index (χ3v) is 24.3. The Hall–Kier alpha value is -3.57. The van der Waals surface area contributed by atoms with Crippen molar-refractivity contribution in [2.45, 2.75) is 80.5 Å². The zero-order valence-corrected chi connectivity index (χ0v) is 33.1. The summed E-state index contributed by atoms with van der Waals surface area (Å²) in [6.45, 7) is 3.46. The molecule has 6 saturated heterocycles. The van der Waals surface area contributed by atoms with Gasteiger partial charge in [0.15, 0.2) is 19.5 Å². The predicted molar refractivity (Wildman–Crippen MR) is 204 cm³/mol. The molecule has 2 spiro atoms. The van der Waals surface area contributed by atoms with Gasteiger partial charge in [0.05, 0.1) is 16.0 Å². The Morgan fingerprint density at radius 2 is 1.17 bits per heavy atom. The fraction of sp³-hybridized carbons (Fsp3) is 0.405. The van der Waals surface area contributed by atoms with E-state index in [0.29, 0.717) is 17.7 Å². The van der Waals surface area contributed by atoms with E-state index in [4.69, 9.17) is 22.4 Å². The number of hydrogen-bond donors (Lipinski definition) is 0. The fourth-order valence-electron chi connectivity index (χ4n) is 12.0. The van der Waals surface area contributed by atoms with Crippen LogP contribution in [0.25, 0.3) is 0 Å². The summed E-state index contributed by atoms with van der Waals surface area (Å²) >= 11 is 12.6. The first-order valence-corrected chi connectivity index (χ1v) is 23.2. The molecular formula is C37H33N5O6S5. The molecule has 10 atom stereocenters. The van der Waals surface area contributed by atoms with Crippen molar-refractivity contribution < 1.29 is 27.6 Å². The van der Waals surface area contributed by atoms with Crippen molar-refractivity contribution in [2.75, 3.05) is 18.4 Å². The number of piperazine rings is 2. The van der Waals surface area contributed by atoms with Crippen LogP contribution in [0.5, 0.6) is 0 Å². The molecule has 3 aromatic carbocycles. The van der Waals surface area contributed by atoms with Gasteiger partial charge in [0, 0.05) is 38.4 Å². The molecule has 7 heterocycles. The number of carbonyl (C=O) groups is 4. The van der Waals surface area contributed by atoms with Gasteiger partial charge in [-0.3, -0.25) is 24.1 Å². The topological polar surface area (TPSA) is 119 Å². The molecule has 3 aromatic rings. The van der Waals surface area contributed by atoms with Crippen molar-refractivity contribution in [1.82, 2.24) is 19.6 Å². The number of nitrogens with zero attached hydrogens (tertiary/aromatic N) is 5. The van der Waals surface area contributed by atoms with Crippen molar-refractivity contribution in [3.63, 3.8) is 0 Å². The maximum Gasteiger partial charge on any atom is 0.266 e. The number of fused-ring (bicyclic) bond motifs is 11. The highest BCUT2D eigenvalue weighted by Crippen LogP contribution is 2.77. The van der Waals surface area contributed by atoms with Crippen LogP contribution >= 0.6 is 0 Å². The Kier molecular flexibility index (Phi) is 5.74. The van der Waals surface area contributed by atoms with E-state index < -0.39 is 77.4 Å². The van der Waals surface area contributed by atoms with Crippen LogP contribution in [0.1, 0.15) is 43.4 Å². The maximum absolute atomic E-state index is 15.3. The molecule has 4 amide bonds. The molecule has 11 nitrogen and oxygen atoms in total. The van der Waals surface area contributed by atoms with E-state index in [0.717, 1.165) is 11.1 Å². The number of benzene rings is 3. The number of para-hydroxylation sites is 1. The van der Waals surface area contributed by atoms with E-state index in [9.17, 15) is 14.4 Å². The molecule has 6 fully saturated rings. The number of amides is 4. The van der Waals surface area contributed by atoms with Crippen LogP contribution in [0.3, 0.4) is 0 Å². The van der Waals surface area contributed by atoms with Crippen LogP contribution < -0.4 is 4.31 Å². The van der Waals surface area contributed by atoms with Crippen molar-refractivity contribution in [3.8, 4) is 0 Å². The minimum absolute atomic E-state index is 0.0229. The van der Waals surface area contributed by atoms with Crippen LogP contribution in [-0.4, -0.2) is 97.4 Å². The molecule has 4 bridgehead atoms. The molecule has 11 rings (SSSR count). The van der Waals surface area contributed by atoms with Gasteiger partial charge in [0.25, 0.3) is 33.7 Å². The third-order valence-electron chi connectivity index (χ3n) is 14.4. The molecule has 0 radical (unpaired) electrons. The largest absolute Gasteiger partial charge is 0.320 e. The molecule has 0 aromatic heterocycles. The smallest absolute Gasteiger partial charge is 0.266 e. The van der Waals surface area contributed by atoms with Gasteiger partial charge in [-0.25, -0.2) is 12.7 Å². The van der Waals surface area contributed by atoms with Crippen LogP contribution in [0.4, 0.5) is 5.69 Å². The summed E-state index contributed by atoms with van der Waals surface area (Å²) in [5.41, 5.74) is 0.390. The van der Waals surface area contributed by atoms with Crippen molar-refractivity contribution in [3.05, 3.63) is 95.6 Å². The standard InChI is InChI=1S/C37H33N5O6S5/c1-32-28(43)40-26-18-21-12-8-9-15-23(21)34(26,19-36(40,51(32)49)30(45)38(32)3)35-20-37-31(46)39(4)33(2,52(37)50)29(44)41(37)27(35)42(25-17-11-10-16-24(25)35)53(47,48)22-13-6-5-7-14-22/h5-17,26-27H,18-20H2,1-4H3/t26-,27-,32-,33-,34-,35-,36?,37?,51+,52-/m0/s1. The van der Waals surface area contributed by atoms with Gasteiger partial charge in [-0.15, -0.1) is 0 Å². The highest BCUT2D eigenvalue weighted by Gasteiger charge is 2.91. The lowest BCUT2D eigenvalue weighted by molar-refractivity contribution is -0.159. The predicted octanol–water partition coefficient (Wildman–Crippen LogP) is 1.74. The lowest BCUT2D eigenvalue weighted by Crippen LogP contribution is -2.67. The van der Waals surface area contributed by atoms with Crippen LogP contribution in [0.2, 0.25) is 0 Å². The SMILES string of the molecule is CN1C(=O)C23C[C@]4([C@]56CC78C(=O)N(C)[C@](C)(C(=O)N7[C@H]5Cc5ccccc56)[S@]8=S)c5ccccc5N(S(=O)(=O)c5ccccc5)[C@@H]4N2C(=O)[C@]1(C)[S@@]3=S. The summed E-state index contributed by atoms with van der Waals surface area (Å²) in [5, 5.41) is 0. The lowest BCUT2D eigenvalue weighted by Gasteiger charge is -2.50. The second-order valence-corrected chi connectivity index (χ2v) is 23.7. The Balaban J connectivity index is 1.29. The van der Waals surface area contributed by atoms with Gasteiger partial charge in [0.2, 0.25) is 0 Å². The Morgan fingerprint density at radius 3 is 1.81 bits per heavy atom. The number of sulfonamides is 1. The fourth-order valence-corrected chi connectivity index (χ4v) is 20.6. The minimum Gasteiger partial charge on any atom is -0.320 e. The first-order valence-electron chi connectivity index (χ1n) is 17.4. The van der Waals surface area contributed by atoms with E-state index in [1.165, 1.54) is 26.2 Å².